The maximum Gasteiger partial charge on any atom is 0.316 e. The number of carboxylic acid groups (broad SMARTS) is 1. The highest BCUT2D eigenvalue weighted by atomic mass is 16.6. The quantitative estimate of drug-likeness (QED) is 0.100. The molecule has 0 spiro atoms. The number of aliphatic hydroxyl groups excluding tert-OH is 4. The number of aliphatic carboxylic acids is 1. The molecule has 4 aliphatic heterocycles. The number of hydrogen-bond acceptors (Lipinski definition) is 11. The first-order valence-corrected chi connectivity index (χ1v) is 16.4. The van der Waals surface area contributed by atoms with Gasteiger partial charge < -0.3 is 45.3 Å². The molecule has 7 atom stereocenters. The summed E-state index contributed by atoms with van der Waals surface area (Å²) in [6, 6.07) is 22.6. The summed E-state index contributed by atoms with van der Waals surface area (Å²) in [6.07, 6.45) is 2.82. The number of carbonyl (C=O) groups excluding carboxylic acids is 2. The number of hydrogen-bond donors (Lipinski definition) is 6. The van der Waals surface area contributed by atoms with Crippen molar-refractivity contribution in [2.24, 2.45) is 5.73 Å². The summed E-state index contributed by atoms with van der Waals surface area (Å²) in [7, 11) is 2.13. The van der Waals surface area contributed by atoms with Crippen molar-refractivity contribution in [1.82, 2.24) is 9.47 Å². The van der Waals surface area contributed by atoms with Crippen LogP contribution in [0, 0.1) is 0 Å². The molecular weight excluding hydrogens is 634 g/mol. The number of carbonyl (C=O) groups is 3. The molecule has 2 unspecified atom stereocenters. The van der Waals surface area contributed by atoms with Gasteiger partial charge in [0, 0.05) is 42.7 Å². The fraction of sp³-hybridized carbons (Fsp3) is 0.472. The molecule has 1 aromatic heterocycles. The number of ether oxygens (including phenoxy) is 2. The molecule has 7 N–H and O–H groups in total. The van der Waals surface area contributed by atoms with Crippen LogP contribution in [0.25, 0.3) is 0 Å². The van der Waals surface area contributed by atoms with Crippen LogP contribution in [-0.4, -0.2) is 122 Å². The van der Waals surface area contributed by atoms with Crippen molar-refractivity contribution in [3.8, 4) is 0 Å². The van der Waals surface area contributed by atoms with E-state index >= 15 is 0 Å². The lowest BCUT2D eigenvalue weighted by Crippen LogP contribution is -2.50. The molecular formula is C36H45N3O10. The normalized spacial score (nSPS) is 25.4. The molecule has 2 bridgehead atoms. The Bertz CT molecular complexity index is 1550. The standard InChI is InChI=1S/C17H21NO4.C15H13NO3.C4H11NO3/c1-18-13-7-11(8-14(18)16-15(13)22-16)21-17(20)12(9-19)10-5-3-2-4-6-10;17-14(10-4-2-1-3-5-10)13-7-6-12-11(15(18)19)8-9-16(12)13;5-4(1-6,2-7)3-8/h2-6,11-16,19H,7-9H2,1H3;1-7,11H,8-9H2,(H,18,19);6-8H,1-3,5H2/t11?,12-,13-,14+,15-,16+;;/m1../s1. The minimum Gasteiger partial charge on any atom is -0.481 e. The average molecular weight is 680 g/mol. The Kier molecular flexibility index (Phi) is 11.7. The topological polar surface area (TPSA) is 208 Å². The summed E-state index contributed by atoms with van der Waals surface area (Å²) in [5.74, 6) is -2.28. The van der Waals surface area contributed by atoms with Crippen molar-refractivity contribution in [3.63, 3.8) is 0 Å². The van der Waals surface area contributed by atoms with Crippen LogP contribution in [0.15, 0.2) is 72.8 Å². The summed E-state index contributed by atoms with van der Waals surface area (Å²) in [5, 5.41) is 43.7. The van der Waals surface area contributed by atoms with Gasteiger partial charge in [-0.1, -0.05) is 60.7 Å². The van der Waals surface area contributed by atoms with Crippen molar-refractivity contribution in [2.45, 2.75) is 73.6 Å². The van der Waals surface area contributed by atoms with Gasteiger partial charge in [-0.25, -0.2) is 0 Å². The van der Waals surface area contributed by atoms with Crippen molar-refractivity contribution in [2.75, 3.05) is 33.5 Å². The zero-order chi connectivity index (χ0) is 35.3. The van der Waals surface area contributed by atoms with Crippen LogP contribution in [-0.2, 0) is 25.6 Å². The molecule has 5 heterocycles. The predicted octanol–water partition coefficient (Wildman–Crippen LogP) is 0.870. The third kappa shape index (κ3) is 7.94. The molecule has 49 heavy (non-hydrogen) atoms. The number of rotatable bonds is 10. The zero-order valence-electron chi connectivity index (χ0n) is 27.4. The van der Waals surface area contributed by atoms with Crippen molar-refractivity contribution < 1.29 is 49.4 Å². The summed E-state index contributed by atoms with van der Waals surface area (Å²) in [5.41, 5.74) is 6.67. The highest BCUT2D eigenvalue weighted by Crippen LogP contribution is 2.48. The van der Waals surface area contributed by atoms with E-state index in [0.717, 1.165) is 24.1 Å². The number of benzene rings is 2. The van der Waals surface area contributed by atoms with Crippen LogP contribution in [0.1, 0.15) is 58.4 Å². The third-order valence-corrected chi connectivity index (χ3v) is 9.85. The van der Waals surface area contributed by atoms with Crippen molar-refractivity contribution in [1.29, 1.82) is 0 Å². The minimum absolute atomic E-state index is 0.0575. The molecule has 0 radical (unpaired) electrons. The lowest BCUT2D eigenvalue weighted by Gasteiger charge is -2.38. The molecule has 3 fully saturated rings. The number of piperidine rings is 1. The molecule has 3 saturated heterocycles. The number of morpholine rings is 1. The van der Waals surface area contributed by atoms with Crippen LogP contribution in [0.5, 0.6) is 0 Å². The SMILES string of the molecule is CN1[C@@H]2CC(OC(=O)[C@H](CO)c3ccccc3)C[C@H]1[C@@H]1O[C@@H]12.NC(CO)(CO)CO.O=C(c1ccccc1)c1ccc2n1CCC2C(=O)O. The number of aliphatic hydroxyl groups is 4. The number of nitrogens with zero attached hydrogens (tertiary/aromatic N) is 2. The molecule has 264 valence electrons. The number of nitrogens with two attached hydrogens (primary N) is 1. The second-order valence-corrected chi connectivity index (χ2v) is 13.0. The van der Waals surface area contributed by atoms with Crippen LogP contribution >= 0.6 is 0 Å². The first-order valence-electron chi connectivity index (χ1n) is 16.4. The van der Waals surface area contributed by atoms with Crippen LogP contribution < -0.4 is 5.73 Å². The van der Waals surface area contributed by atoms with Crippen LogP contribution in [0.3, 0.4) is 0 Å². The van der Waals surface area contributed by atoms with Gasteiger partial charge in [0.05, 0.1) is 43.6 Å². The van der Waals surface area contributed by atoms with E-state index in [-0.39, 0.29) is 24.5 Å². The predicted molar refractivity (Wildman–Crippen MR) is 177 cm³/mol. The monoisotopic (exact) mass is 679 g/mol. The van der Waals surface area contributed by atoms with E-state index in [0.29, 0.717) is 48.5 Å². The van der Waals surface area contributed by atoms with E-state index in [9.17, 15) is 19.5 Å². The van der Waals surface area contributed by atoms with Gasteiger partial charge in [0.2, 0.25) is 5.78 Å². The Balaban J connectivity index is 0.000000159. The maximum atomic E-state index is 12.4. The van der Waals surface area contributed by atoms with Crippen molar-refractivity contribution in [3.05, 3.63) is 95.3 Å². The van der Waals surface area contributed by atoms with E-state index in [4.69, 9.17) is 35.6 Å². The number of fused-ring (bicyclic) bond motifs is 6. The molecule has 0 amide bonds. The molecule has 2 aromatic carbocycles. The van der Waals surface area contributed by atoms with Gasteiger partial charge in [-0.05, 0) is 31.2 Å². The van der Waals surface area contributed by atoms with Crippen LogP contribution in [0.2, 0.25) is 0 Å². The van der Waals surface area contributed by atoms with Gasteiger partial charge in [0.1, 0.15) is 24.2 Å². The molecule has 13 nitrogen and oxygen atoms in total. The summed E-state index contributed by atoms with van der Waals surface area (Å²) < 4.78 is 13.2. The molecule has 7 rings (SSSR count). The lowest BCUT2D eigenvalue weighted by atomic mass is 9.97. The molecule has 0 saturated carbocycles. The van der Waals surface area contributed by atoms with E-state index in [1.807, 2.05) is 53.1 Å². The highest BCUT2D eigenvalue weighted by molar-refractivity contribution is 6.08. The van der Waals surface area contributed by atoms with Gasteiger partial charge in [0.25, 0.3) is 0 Å². The number of esters is 1. The van der Waals surface area contributed by atoms with Crippen LogP contribution in [0.4, 0.5) is 0 Å². The molecule has 0 aliphatic carbocycles. The Morgan fingerprint density at radius 1 is 0.898 bits per heavy atom. The fourth-order valence-corrected chi connectivity index (χ4v) is 6.82. The molecule has 13 heteroatoms. The van der Waals surface area contributed by atoms with Crippen molar-refractivity contribution >= 4 is 17.7 Å². The van der Waals surface area contributed by atoms with E-state index in [2.05, 4.69) is 11.9 Å². The first kappa shape index (κ1) is 36.3. The van der Waals surface area contributed by atoms with Gasteiger partial charge in [-0.2, -0.15) is 0 Å². The Morgan fingerprint density at radius 2 is 1.47 bits per heavy atom. The fourth-order valence-electron chi connectivity index (χ4n) is 6.82. The number of ketones is 1. The largest absolute Gasteiger partial charge is 0.481 e. The summed E-state index contributed by atoms with van der Waals surface area (Å²) >= 11 is 0. The van der Waals surface area contributed by atoms with E-state index in [1.165, 1.54) is 0 Å². The number of carboxylic acids is 1. The third-order valence-electron chi connectivity index (χ3n) is 9.85. The first-order chi connectivity index (χ1) is 23.5. The number of likely N-dealkylation sites (N-methyl/N-ethyl adjacent to an activating group) is 1. The lowest BCUT2D eigenvalue weighted by molar-refractivity contribution is -0.156. The zero-order valence-corrected chi connectivity index (χ0v) is 27.4. The Morgan fingerprint density at radius 3 is 1.98 bits per heavy atom. The summed E-state index contributed by atoms with van der Waals surface area (Å²) in [4.78, 5) is 38.3. The minimum atomic E-state index is -1.21. The maximum absolute atomic E-state index is 12.4. The number of aromatic nitrogens is 1. The van der Waals surface area contributed by atoms with Gasteiger partial charge >= 0.3 is 11.9 Å². The Hall–Kier alpha value is -3.95. The second kappa shape index (κ2) is 15.7. The number of epoxide rings is 1. The van der Waals surface area contributed by atoms with E-state index in [1.54, 1.807) is 24.3 Å². The molecule has 3 aromatic rings. The van der Waals surface area contributed by atoms with Gasteiger partial charge in [0.15, 0.2) is 0 Å². The smallest absolute Gasteiger partial charge is 0.316 e. The van der Waals surface area contributed by atoms with Gasteiger partial charge in [-0.15, -0.1) is 0 Å². The second-order valence-electron chi connectivity index (χ2n) is 13.0. The van der Waals surface area contributed by atoms with Gasteiger partial charge in [-0.3, -0.25) is 19.3 Å². The Labute approximate surface area is 284 Å². The molecule has 4 aliphatic rings. The summed E-state index contributed by atoms with van der Waals surface area (Å²) in [6.45, 7) is -0.843. The average Bonchev–Trinajstić information content (AvgIpc) is 3.57. The van der Waals surface area contributed by atoms with E-state index < -0.39 is 43.2 Å². The highest BCUT2D eigenvalue weighted by Gasteiger charge is 2.62.